The monoisotopic (exact) mass is 277 g/mol. The summed E-state index contributed by atoms with van der Waals surface area (Å²) in [4.78, 5) is 0. The Morgan fingerprint density at radius 2 is 2.00 bits per heavy atom. The molecule has 0 spiro atoms. The zero-order valence-electron chi connectivity index (χ0n) is 11.0. The number of rotatable bonds is 7. The first-order valence-electron chi connectivity index (χ1n) is 6.30. The molecule has 0 aliphatic heterocycles. The lowest BCUT2D eigenvalue weighted by Gasteiger charge is -2.19. The Balaban J connectivity index is 1.94. The number of benzene rings is 1. The first-order valence-corrected chi connectivity index (χ1v) is 7.69. The van der Waals surface area contributed by atoms with Gasteiger partial charge in [0.15, 0.2) is 0 Å². The third-order valence-electron chi connectivity index (χ3n) is 2.96. The lowest BCUT2D eigenvalue weighted by atomic mass is 10.1. The highest BCUT2D eigenvalue weighted by atomic mass is 32.2. The Kier molecular flexibility index (Phi) is 5.51. The van der Waals surface area contributed by atoms with Gasteiger partial charge in [-0.25, -0.2) is 0 Å². The topological polar surface area (TPSA) is 45.4 Å². The minimum atomic E-state index is -0.608. The Morgan fingerprint density at radius 3 is 2.63 bits per heavy atom. The molecule has 0 bridgehead atoms. The summed E-state index contributed by atoms with van der Waals surface area (Å²) in [5.74, 6) is 1.57. The zero-order chi connectivity index (χ0) is 13.5. The smallest absolute Gasteiger partial charge is 0.133 e. The van der Waals surface area contributed by atoms with E-state index in [9.17, 15) is 5.11 Å². The van der Waals surface area contributed by atoms with E-state index in [0.29, 0.717) is 12.3 Å². The molecular weight excluding hydrogens is 258 g/mol. The van der Waals surface area contributed by atoms with Gasteiger partial charge in [-0.2, -0.15) is 11.8 Å². The van der Waals surface area contributed by atoms with E-state index in [2.05, 4.69) is 23.7 Å². The molecule has 2 unspecified atom stereocenters. The molecule has 0 saturated heterocycles. The summed E-state index contributed by atoms with van der Waals surface area (Å²) >= 11 is 1.79. The van der Waals surface area contributed by atoms with Gasteiger partial charge in [-0.1, -0.05) is 30.3 Å². The maximum absolute atomic E-state index is 10.0. The molecule has 0 radical (unpaired) electrons. The molecule has 2 atom stereocenters. The van der Waals surface area contributed by atoms with E-state index in [1.54, 1.807) is 30.2 Å². The molecule has 2 N–H and O–H groups in total. The van der Waals surface area contributed by atoms with Crippen LogP contribution in [-0.2, 0) is 0 Å². The van der Waals surface area contributed by atoms with Crippen LogP contribution in [0.2, 0.25) is 0 Å². The fraction of sp³-hybridized carbons (Fsp3) is 0.333. The fourth-order valence-electron chi connectivity index (χ4n) is 1.96. The van der Waals surface area contributed by atoms with Crippen molar-refractivity contribution >= 4 is 11.8 Å². The molecule has 2 aromatic rings. The van der Waals surface area contributed by atoms with Crippen LogP contribution in [0.4, 0.5) is 0 Å². The van der Waals surface area contributed by atoms with E-state index < -0.39 is 6.10 Å². The van der Waals surface area contributed by atoms with Crippen LogP contribution in [0.25, 0.3) is 0 Å². The summed E-state index contributed by atoms with van der Waals surface area (Å²) in [6.45, 7) is 0.480. The Hall–Kier alpha value is -1.23. The van der Waals surface area contributed by atoms with Gasteiger partial charge in [-0.15, -0.1) is 0 Å². The number of aliphatic hydroxyl groups excluding tert-OH is 1. The van der Waals surface area contributed by atoms with E-state index in [1.807, 2.05) is 18.2 Å². The Labute approximate surface area is 118 Å². The Bertz CT molecular complexity index is 458. The van der Waals surface area contributed by atoms with Crippen molar-refractivity contribution in [2.75, 3.05) is 18.6 Å². The summed E-state index contributed by atoms with van der Waals surface area (Å²) in [5, 5.41) is 13.4. The highest BCUT2D eigenvalue weighted by molar-refractivity contribution is 7.98. The van der Waals surface area contributed by atoms with Crippen molar-refractivity contribution < 1.29 is 9.52 Å². The fourth-order valence-corrected chi connectivity index (χ4v) is 2.60. The normalized spacial score (nSPS) is 14.2. The summed E-state index contributed by atoms with van der Waals surface area (Å²) in [5.41, 5.74) is 1.24. The SMILES string of the molecule is CSCC(NCC(O)c1ccco1)c1ccccc1. The van der Waals surface area contributed by atoms with Gasteiger partial charge in [0.1, 0.15) is 11.9 Å². The molecule has 0 fully saturated rings. The van der Waals surface area contributed by atoms with Crippen LogP contribution < -0.4 is 5.32 Å². The molecule has 0 aliphatic rings. The molecule has 102 valence electrons. The molecule has 2 rings (SSSR count). The third kappa shape index (κ3) is 4.13. The number of aliphatic hydroxyl groups is 1. The zero-order valence-corrected chi connectivity index (χ0v) is 11.8. The molecule has 0 aliphatic carbocycles. The van der Waals surface area contributed by atoms with Gasteiger partial charge in [0, 0.05) is 18.3 Å². The van der Waals surface area contributed by atoms with Crippen LogP contribution in [-0.4, -0.2) is 23.7 Å². The highest BCUT2D eigenvalue weighted by Crippen LogP contribution is 2.19. The minimum Gasteiger partial charge on any atom is -0.467 e. The molecule has 3 nitrogen and oxygen atoms in total. The van der Waals surface area contributed by atoms with Crippen LogP contribution in [0.15, 0.2) is 53.1 Å². The Morgan fingerprint density at radius 1 is 1.21 bits per heavy atom. The van der Waals surface area contributed by atoms with E-state index in [1.165, 1.54) is 5.56 Å². The largest absolute Gasteiger partial charge is 0.467 e. The predicted molar refractivity (Wildman–Crippen MR) is 79.2 cm³/mol. The van der Waals surface area contributed by atoms with Crippen molar-refractivity contribution in [3.8, 4) is 0 Å². The summed E-state index contributed by atoms with van der Waals surface area (Å²) in [6, 6.07) is 14.1. The van der Waals surface area contributed by atoms with Crippen molar-refractivity contribution in [3.63, 3.8) is 0 Å². The molecule has 0 saturated carbocycles. The first kappa shape index (κ1) is 14.2. The minimum absolute atomic E-state index is 0.237. The van der Waals surface area contributed by atoms with Crippen LogP contribution in [0.5, 0.6) is 0 Å². The molecule has 1 aromatic heterocycles. The highest BCUT2D eigenvalue weighted by Gasteiger charge is 2.15. The number of hydrogen-bond acceptors (Lipinski definition) is 4. The average Bonchev–Trinajstić information content (AvgIpc) is 2.98. The van der Waals surface area contributed by atoms with Gasteiger partial charge < -0.3 is 14.8 Å². The van der Waals surface area contributed by atoms with E-state index >= 15 is 0 Å². The van der Waals surface area contributed by atoms with Crippen molar-refractivity contribution in [2.45, 2.75) is 12.1 Å². The lowest BCUT2D eigenvalue weighted by molar-refractivity contribution is 0.144. The lowest BCUT2D eigenvalue weighted by Crippen LogP contribution is -2.28. The standard InChI is InChI=1S/C15H19NO2S/c1-19-11-13(12-6-3-2-4-7-12)16-10-14(17)15-8-5-9-18-15/h2-9,13-14,16-17H,10-11H2,1H3. The van der Waals surface area contributed by atoms with E-state index in [4.69, 9.17) is 4.42 Å². The summed E-state index contributed by atoms with van der Waals surface area (Å²) in [7, 11) is 0. The van der Waals surface area contributed by atoms with Crippen molar-refractivity contribution in [1.29, 1.82) is 0 Å². The second-order valence-electron chi connectivity index (χ2n) is 4.36. The second kappa shape index (κ2) is 7.38. The quantitative estimate of drug-likeness (QED) is 0.816. The van der Waals surface area contributed by atoms with Gasteiger partial charge in [0.2, 0.25) is 0 Å². The molecule has 1 aromatic carbocycles. The predicted octanol–water partition coefficient (Wildman–Crippen LogP) is 3.01. The average molecular weight is 277 g/mol. The van der Waals surface area contributed by atoms with Crippen LogP contribution in [0.3, 0.4) is 0 Å². The van der Waals surface area contributed by atoms with Gasteiger partial charge >= 0.3 is 0 Å². The van der Waals surface area contributed by atoms with Crippen molar-refractivity contribution in [1.82, 2.24) is 5.32 Å². The van der Waals surface area contributed by atoms with Gasteiger partial charge in [-0.3, -0.25) is 0 Å². The van der Waals surface area contributed by atoms with E-state index in [-0.39, 0.29) is 6.04 Å². The van der Waals surface area contributed by atoms with Crippen molar-refractivity contribution in [3.05, 3.63) is 60.1 Å². The van der Waals surface area contributed by atoms with Crippen LogP contribution >= 0.6 is 11.8 Å². The summed E-state index contributed by atoms with van der Waals surface area (Å²) < 4.78 is 5.20. The molecular formula is C15H19NO2S. The molecule has 19 heavy (non-hydrogen) atoms. The third-order valence-corrected chi connectivity index (χ3v) is 3.63. The maximum atomic E-state index is 10.0. The number of hydrogen-bond donors (Lipinski definition) is 2. The maximum Gasteiger partial charge on any atom is 0.133 e. The number of furan rings is 1. The van der Waals surface area contributed by atoms with Gasteiger partial charge in [0.05, 0.1) is 6.26 Å². The van der Waals surface area contributed by atoms with Crippen LogP contribution in [0.1, 0.15) is 23.5 Å². The van der Waals surface area contributed by atoms with Gasteiger partial charge in [-0.05, 0) is 24.0 Å². The molecule has 1 heterocycles. The van der Waals surface area contributed by atoms with Gasteiger partial charge in [0.25, 0.3) is 0 Å². The van der Waals surface area contributed by atoms with E-state index in [0.717, 1.165) is 5.75 Å². The second-order valence-corrected chi connectivity index (χ2v) is 5.27. The first-order chi connectivity index (χ1) is 9.31. The van der Waals surface area contributed by atoms with Crippen LogP contribution in [0, 0.1) is 0 Å². The molecule has 4 heteroatoms. The molecule has 0 amide bonds. The van der Waals surface area contributed by atoms with Crippen molar-refractivity contribution in [2.24, 2.45) is 0 Å². The summed E-state index contributed by atoms with van der Waals surface area (Å²) in [6.07, 6.45) is 3.05. The number of thioether (sulfide) groups is 1. The number of nitrogens with one attached hydrogen (secondary N) is 1.